The standard InChI is InChI=1S/C12H17N3O2S/c1-8-6-10(14-9-4-3-5-18-7-9)15-11(13-8)12(16)17-2/h6,9H,3-5,7H2,1-2H3,(H,13,14,15). The molecule has 2 heterocycles. The molecular formula is C12H17N3O2S. The summed E-state index contributed by atoms with van der Waals surface area (Å²) >= 11 is 1.94. The Bertz CT molecular complexity index is 433. The third kappa shape index (κ3) is 3.35. The van der Waals surface area contributed by atoms with Gasteiger partial charge in [0.25, 0.3) is 0 Å². The highest BCUT2D eigenvalue weighted by molar-refractivity contribution is 7.99. The number of ether oxygens (including phenoxy) is 1. The highest BCUT2D eigenvalue weighted by atomic mass is 32.2. The zero-order chi connectivity index (χ0) is 13.0. The molecule has 18 heavy (non-hydrogen) atoms. The van der Waals surface area contributed by atoms with Crippen molar-refractivity contribution < 1.29 is 9.53 Å². The van der Waals surface area contributed by atoms with E-state index in [9.17, 15) is 4.79 Å². The Labute approximate surface area is 111 Å². The van der Waals surface area contributed by atoms with Gasteiger partial charge in [-0.25, -0.2) is 14.8 Å². The number of nitrogens with one attached hydrogen (secondary N) is 1. The molecule has 1 unspecified atom stereocenters. The maximum atomic E-state index is 11.4. The second kappa shape index (κ2) is 6.04. The average molecular weight is 267 g/mol. The predicted octanol–water partition coefficient (Wildman–Crippen LogP) is 1.88. The Morgan fingerprint density at radius 2 is 2.39 bits per heavy atom. The molecule has 1 aromatic rings. The van der Waals surface area contributed by atoms with E-state index in [1.165, 1.54) is 19.3 Å². The van der Waals surface area contributed by atoms with Crippen molar-refractivity contribution in [3.63, 3.8) is 0 Å². The first-order valence-corrected chi connectivity index (χ1v) is 7.13. The van der Waals surface area contributed by atoms with Crippen LogP contribution in [0.25, 0.3) is 0 Å². The number of thioether (sulfide) groups is 1. The monoisotopic (exact) mass is 267 g/mol. The average Bonchev–Trinajstić information content (AvgIpc) is 2.38. The van der Waals surface area contributed by atoms with Crippen LogP contribution in [0, 0.1) is 6.92 Å². The molecule has 1 N–H and O–H groups in total. The molecule has 2 rings (SSSR count). The first kappa shape index (κ1) is 13.1. The molecule has 1 aliphatic heterocycles. The van der Waals surface area contributed by atoms with Gasteiger partial charge in [0.05, 0.1) is 7.11 Å². The van der Waals surface area contributed by atoms with E-state index in [4.69, 9.17) is 0 Å². The van der Waals surface area contributed by atoms with Crippen LogP contribution in [0.3, 0.4) is 0 Å². The van der Waals surface area contributed by atoms with Crippen LogP contribution in [0.2, 0.25) is 0 Å². The number of anilines is 1. The van der Waals surface area contributed by atoms with Crippen molar-refractivity contribution in [2.45, 2.75) is 25.8 Å². The molecule has 1 fully saturated rings. The number of aromatic nitrogens is 2. The van der Waals surface area contributed by atoms with Crippen molar-refractivity contribution in [2.24, 2.45) is 0 Å². The van der Waals surface area contributed by atoms with Gasteiger partial charge in [-0.05, 0) is 25.5 Å². The minimum absolute atomic E-state index is 0.114. The number of aryl methyl sites for hydroxylation is 1. The van der Waals surface area contributed by atoms with E-state index in [-0.39, 0.29) is 5.82 Å². The van der Waals surface area contributed by atoms with Gasteiger partial charge in [0.1, 0.15) is 5.82 Å². The molecule has 1 aromatic heterocycles. The lowest BCUT2D eigenvalue weighted by Gasteiger charge is -2.23. The Kier molecular flexibility index (Phi) is 4.41. The Morgan fingerprint density at radius 3 is 3.06 bits per heavy atom. The van der Waals surface area contributed by atoms with Gasteiger partial charge in [0.15, 0.2) is 0 Å². The summed E-state index contributed by atoms with van der Waals surface area (Å²) in [4.78, 5) is 19.7. The highest BCUT2D eigenvalue weighted by Gasteiger charge is 2.16. The Balaban J connectivity index is 2.11. The van der Waals surface area contributed by atoms with E-state index in [1.807, 2.05) is 24.8 Å². The minimum Gasteiger partial charge on any atom is -0.463 e. The normalized spacial score (nSPS) is 19.3. The fourth-order valence-corrected chi connectivity index (χ4v) is 2.96. The van der Waals surface area contributed by atoms with Crippen molar-refractivity contribution in [3.8, 4) is 0 Å². The molecule has 0 saturated carbocycles. The van der Waals surface area contributed by atoms with Crippen molar-refractivity contribution in [1.29, 1.82) is 0 Å². The second-order valence-electron chi connectivity index (χ2n) is 4.27. The molecule has 6 heteroatoms. The van der Waals surface area contributed by atoms with Crippen LogP contribution in [-0.2, 0) is 4.74 Å². The Hall–Kier alpha value is -1.30. The quantitative estimate of drug-likeness (QED) is 0.844. The predicted molar refractivity (Wildman–Crippen MR) is 72.1 cm³/mol. The molecule has 0 bridgehead atoms. The van der Waals surface area contributed by atoms with Gasteiger partial charge in [0.2, 0.25) is 5.82 Å². The van der Waals surface area contributed by atoms with Gasteiger partial charge in [-0.2, -0.15) is 11.8 Å². The summed E-state index contributed by atoms with van der Waals surface area (Å²) < 4.78 is 4.64. The molecule has 0 radical (unpaired) electrons. The molecule has 0 amide bonds. The number of carbonyl (C=O) groups is 1. The van der Waals surface area contributed by atoms with E-state index in [0.717, 1.165) is 17.9 Å². The smallest absolute Gasteiger partial charge is 0.376 e. The maximum absolute atomic E-state index is 11.4. The molecule has 0 aliphatic carbocycles. The molecule has 1 atom stereocenters. The summed E-state index contributed by atoms with van der Waals surface area (Å²) in [6.45, 7) is 1.84. The van der Waals surface area contributed by atoms with Gasteiger partial charge in [-0.3, -0.25) is 0 Å². The lowest BCUT2D eigenvalue weighted by molar-refractivity contribution is 0.0586. The molecular weight excluding hydrogens is 250 g/mol. The number of hydrogen-bond acceptors (Lipinski definition) is 6. The minimum atomic E-state index is -0.500. The summed E-state index contributed by atoms with van der Waals surface area (Å²) in [6, 6.07) is 2.27. The van der Waals surface area contributed by atoms with E-state index in [2.05, 4.69) is 20.0 Å². The van der Waals surface area contributed by atoms with E-state index in [1.54, 1.807) is 0 Å². The van der Waals surface area contributed by atoms with Crippen LogP contribution >= 0.6 is 11.8 Å². The fourth-order valence-electron chi connectivity index (χ4n) is 1.89. The van der Waals surface area contributed by atoms with Crippen LogP contribution < -0.4 is 5.32 Å². The zero-order valence-corrected chi connectivity index (χ0v) is 11.4. The van der Waals surface area contributed by atoms with Crippen LogP contribution in [0.4, 0.5) is 5.82 Å². The summed E-state index contributed by atoms with van der Waals surface area (Å²) in [5.41, 5.74) is 0.761. The van der Waals surface area contributed by atoms with Crippen molar-refractivity contribution in [3.05, 3.63) is 17.6 Å². The molecule has 1 saturated heterocycles. The van der Waals surface area contributed by atoms with Gasteiger partial charge < -0.3 is 10.1 Å². The third-order valence-electron chi connectivity index (χ3n) is 2.73. The largest absolute Gasteiger partial charge is 0.463 e. The SMILES string of the molecule is COC(=O)c1nc(C)cc(NC2CCCSC2)n1. The fraction of sp³-hybridized carbons (Fsp3) is 0.583. The van der Waals surface area contributed by atoms with Gasteiger partial charge in [-0.15, -0.1) is 0 Å². The van der Waals surface area contributed by atoms with E-state index >= 15 is 0 Å². The van der Waals surface area contributed by atoms with Crippen molar-refractivity contribution in [2.75, 3.05) is 23.9 Å². The van der Waals surface area contributed by atoms with Crippen molar-refractivity contribution >= 4 is 23.5 Å². The van der Waals surface area contributed by atoms with Gasteiger partial charge in [-0.1, -0.05) is 0 Å². The van der Waals surface area contributed by atoms with Crippen LogP contribution in [-0.4, -0.2) is 40.6 Å². The summed E-state index contributed by atoms with van der Waals surface area (Å²) in [5, 5.41) is 3.36. The maximum Gasteiger partial charge on any atom is 0.376 e. The topological polar surface area (TPSA) is 64.1 Å². The summed E-state index contributed by atoms with van der Waals surface area (Å²) in [6.07, 6.45) is 2.36. The lowest BCUT2D eigenvalue weighted by atomic mass is 10.2. The number of carbonyl (C=O) groups excluding carboxylic acids is 1. The zero-order valence-electron chi connectivity index (χ0n) is 10.6. The van der Waals surface area contributed by atoms with E-state index in [0.29, 0.717) is 11.9 Å². The van der Waals surface area contributed by atoms with Gasteiger partial charge in [0, 0.05) is 23.6 Å². The molecule has 0 aromatic carbocycles. The molecule has 1 aliphatic rings. The summed E-state index contributed by atoms with van der Waals surface area (Å²) in [5.74, 6) is 2.63. The number of esters is 1. The number of hydrogen-bond donors (Lipinski definition) is 1. The van der Waals surface area contributed by atoms with Gasteiger partial charge >= 0.3 is 5.97 Å². The molecule has 98 valence electrons. The van der Waals surface area contributed by atoms with Crippen LogP contribution in [0.15, 0.2) is 6.07 Å². The Morgan fingerprint density at radius 1 is 1.56 bits per heavy atom. The molecule has 0 spiro atoms. The van der Waals surface area contributed by atoms with Crippen LogP contribution in [0.5, 0.6) is 0 Å². The first-order chi connectivity index (χ1) is 8.69. The highest BCUT2D eigenvalue weighted by Crippen LogP contribution is 2.20. The van der Waals surface area contributed by atoms with E-state index < -0.39 is 5.97 Å². The second-order valence-corrected chi connectivity index (χ2v) is 5.42. The number of nitrogens with zero attached hydrogens (tertiary/aromatic N) is 2. The number of rotatable bonds is 3. The lowest BCUT2D eigenvalue weighted by Crippen LogP contribution is -2.26. The van der Waals surface area contributed by atoms with Crippen molar-refractivity contribution in [1.82, 2.24) is 9.97 Å². The summed E-state index contributed by atoms with van der Waals surface area (Å²) in [7, 11) is 1.33. The first-order valence-electron chi connectivity index (χ1n) is 5.97. The molecule has 5 nitrogen and oxygen atoms in total. The third-order valence-corrected chi connectivity index (χ3v) is 3.95. The van der Waals surface area contributed by atoms with Crippen LogP contribution in [0.1, 0.15) is 29.2 Å². The number of methoxy groups -OCH3 is 1.